The molecule has 1 saturated carbocycles. The Bertz CT molecular complexity index is 431. The highest BCUT2D eigenvalue weighted by atomic mass is 32.2. The first-order valence-electron chi connectivity index (χ1n) is 6.26. The fraction of sp³-hybridized carbons (Fsp3) is 0.667. The Morgan fingerprint density at radius 3 is 2.58 bits per heavy atom. The van der Waals surface area contributed by atoms with E-state index in [9.17, 15) is 13.2 Å². The van der Waals surface area contributed by atoms with E-state index in [4.69, 9.17) is 0 Å². The predicted octanol–water partition coefficient (Wildman–Crippen LogP) is 3.82. The third-order valence-electron chi connectivity index (χ3n) is 3.16. The predicted molar refractivity (Wildman–Crippen MR) is 69.3 cm³/mol. The maximum atomic E-state index is 12.7. The van der Waals surface area contributed by atoms with Crippen molar-refractivity contribution >= 4 is 17.7 Å². The number of anilines is 1. The van der Waals surface area contributed by atoms with E-state index < -0.39 is 11.9 Å². The van der Waals surface area contributed by atoms with Crippen LogP contribution in [0.2, 0.25) is 0 Å². The fourth-order valence-corrected chi connectivity index (χ4v) is 3.22. The maximum Gasteiger partial charge on any atom is 0.433 e. The van der Waals surface area contributed by atoms with Gasteiger partial charge in [0.25, 0.3) is 0 Å². The van der Waals surface area contributed by atoms with Crippen molar-refractivity contribution in [1.29, 1.82) is 0 Å². The topological polar surface area (TPSA) is 37.8 Å². The van der Waals surface area contributed by atoms with Crippen molar-refractivity contribution in [1.82, 2.24) is 9.97 Å². The summed E-state index contributed by atoms with van der Waals surface area (Å²) in [7, 11) is 1.51. The first-order valence-corrected chi connectivity index (χ1v) is 7.24. The van der Waals surface area contributed by atoms with Gasteiger partial charge in [-0.05, 0) is 18.8 Å². The normalized spacial score (nSPS) is 16.8. The van der Waals surface area contributed by atoms with Crippen LogP contribution in [0.25, 0.3) is 0 Å². The second kappa shape index (κ2) is 5.98. The van der Waals surface area contributed by atoms with Crippen LogP contribution in [0, 0.1) is 5.92 Å². The Morgan fingerprint density at radius 1 is 1.32 bits per heavy atom. The third kappa shape index (κ3) is 3.99. The van der Waals surface area contributed by atoms with Crippen molar-refractivity contribution in [2.24, 2.45) is 5.92 Å². The van der Waals surface area contributed by atoms with Crippen molar-refractivity contribution < 1.29 is 13.2 Å². The molecule has 3 nitrogen and oxygen atoms in total. The van der Waals surface area contributed by atoms with Gasteiger partial charge in [0.2, 0.25) is 5.95 Å². The summed E-state index contributed by atoms with van der Waals surface area (Å²) >= 11 is 1.39. The molecule has 1 heterocycles. The Hall–Kier alpha value is -0.980. The Balaban J connectivity index is 2.10. The molecule has 0 aromatic carbocycles. The molecule has 0 aliphatic heterocycles. The lowest BCUT2D eigenvalue weighted by atomic mass is 10.1. The van der Waals surface area contributed by atoms with E-state index >= 15 is 0 Å². The number of hydrogen-bond donors (Lipinski definition) is 1. The summed E-state index contributed by atoms with van der Waals surface area (Å²) in [6.07, 6.45) is 0.360. The number of aromatic nitrogens is 2. The number of nitrogens with zero attached hydrogens (tertiary/aromatic N) is 2. The molecule has 19 heavy (non-hydrogen) atoms. The molecule has 2 rings (SSSR count). The summed E-state index contributed by atoms with van der Waals surface area (Å²) in [6.45, 7) is 0. The molecule has 1 fully saturated rings. The van der Waals surface area contributed by atoms with Crippen LogP contribution in [0.3, 0.4) is 0 Å². The van der Waals surface area contributed by atoms with Crippen molar-refractivity contribution in [3.63, 3.8) is 0 Å². The lowest BCUT2D eigenvalue weighted by Gasteiger charge is -2.11. The van der Waals surface area contributed by atoms with Gasteiger partial charge in [0.1, 0.15) is 5.03 Å². The summed E-state index contributed by atoms with van der Waals surface area (Å²) < 4.78 is 38.1. The van der Waals surface area contributed by atoms with Gasteiger partial charge in [-0.25, -0.2) is 9.97 Å². The monoisotopic (exact) mass is 291 g/mol. The summed E-state index contributed by atoms with van der Waals surface area (Å²) in [5.74, 6) is 1.45. The number of rotatable bonds is 4. The second-order valence-electron chi connectivity index (χ2n) is 4.62. The van der Waals surface area contributed by atoms with Gasteiger partial charge >= 0.3 is 6.18 Å². The Kier molecular flexibility index (Phi) is 4.54. The molecule has 0 amide bonds. The van der Waals surface area contributed by atoms with Crippen LogP contribution in [-0.4, -0.2) is 22.8 Å². The van der Waals surface area contributed by atoms with E-state index in [0.717, 1.165) is 11.8 Å². The molecular formula is C12H16F3N3S. The highest BCUT2D eigenvalue weighted by molar-refractivity contribution is 7.99. The Labute approximate surface area is 114 Å². The maximum absolute atomic E-state index is 12.7. The molecule has 0 saturated heterocycles. The molecule has 1 N–H and O–H groups in total. The van der Waals surface area contributed by atoms with Gasteiger partial charge < -0.3 is 5.32 Å². The fourth-order valence-electron chi connectivity index (χ4n) is 2.14. The minimum atomic E-state index is -4.43. The lowest BCUT2D eigenvalue weighted by molar-refractivity contribution is -0.141. The molecule has 0 atom stereocenters. The van der Waals surface area contributed by atoms with Crippen LogP contribution >= 0.6 is 11.8 Å². The van der Waals surface area contributed by atoms with Crippen LogP contribution in [0.1, 0.15) is 31.4 Å². The number of alkyl halides is 3. The van der Waals surface area contributed by atoms with Gasteiger partial charge in [-0.2, -0.15) is 13.2 Å². The third-order valence-corrected chi connectivity index (χ3v) is 4.30. The van der Waals surface area contributed by atoms with Gasteiger partial charge in [-0.15, -0.1) is 11.8 Å². The van der Waals surface area contributed by atoms with Crippen LogP contribution < -0.4 is 5.32 Å². The van der Waals surface area contributed by atoms with Crippen molar-refractivity contribution in [3.8, 4) is 0 Å². The zero-order valence-electron chi connectivity index (χ0n) is 10.6. The van der Waals surface area contributed by atoms with Crippen LogP contribution in [-0.2, 0) is 6.18 Å². The van der Waals surface area contributed by atoms with E-state index in [2.05, 4.69) is 15.3 Å². The quantitative estimate of drug-likeness (QED) is 0.676. The van der Waals surface area contributed by atoms with E-state index in [1.54, 1.807) is 0 Å². The minimum Gasteiger partial charge on any atom is -0.357 e. The summed E-state index contributed by atoms with van der Waals surface area (Å²) in [6, 6.07) is 1.03. The first-order chi connectivity index (χ1) is 8.99. The largest absolute Gasteiger partial charge is 0.433 e. The van der Waals surface area contributed by atoms with E-state index in [1.165, 1.54) is 44.5 Å². The molecule has 0 radical (unpaired) electrons. The molecule has 7 heteroatoms. The van der Waals surface area contributed by atoms with Crippen LogP contribution in [0.5, 0.6) is 0 Å². The van der Waals surface area contributed by atoms with Gasteiger partial charge in [-0.1, -0.05) is 12.8 Å². The van der Waals surface area contributed by atoms with Gasteiger partial charge in [0, 0.05) is 18.9 Å². The van der Waals surface area contributed by atoms with Gasteiger partial charge in [0.15, 0.2) is 5.69 Å². The molecule has 0 spiro atoms. The summed E-state index contributed by atoms with van der Waals surface area (Å²) in [5, 5.41) is 2.96. The van der Waals surface area contributed by atoms with Crippen LogP contribution in [0.15, 0.2) is 11.1 Å². The molecular weight excluding hydrogens is 275 g/mol. The zero-order chi connectivity index (χ0) is 13.9. The minimum absolute atomic E-state index is 0.0174. The molecule has 1 aliphatic carbocycles. The van der Waals surface area contributed by atoms with E-state index in [0.29, 0.717) is 10.9 Å². The molecule has 1 aromatic heterocycles. The molecule has 0 bridgehead atoms. The van der Waals surface area contributed by atoms with Gasteiger partial charge in [0.05, 0.1) is 0 Å². The second-order valence-corrected chi connectivity index (χ2v) is 5.66. The molecule has 0 unspecified atom stereocenters. The zero-order valence-corrected chi connectivity index (χ0v) is 11.4. The highest BCUT2D eigenvalue weighted by Crippen LogP contribution is 2.33. The summed E-state index contributed by atoms with van der Waals surface area (Å²) in [4.78, 5) is 7.51. The smallest absolute Gasteiger partial charge is 0.357 e. The Morgan fingerprint density at radius 2 is 2.00 bits per heavy atom. The molecule has 106 valence electrons. The average Bonchev–Trinajstić information content (AvgIpc) is 2.88. The first kappa shape index (κ1) is 14.4. The molecule has 1 aliphatic rings. The number of thioether (sulfide) groups is 1. The van der Waals surface area contributed by atoms with E-state index in [-0.39, 0.29) is 5.95 Å². The van der Waals surface area contributed by atoms with Crippen molar-refractivity contribution in [2.75, 3.05) is 18.1 Å². The van der Waals surface area contributed by atoms with E-state index in [1.807, 2.05) is 0 Å². The molecule has 1 aromatic rings. The van der Waals surface area contributed by atoms with Crippen LogP contribution in [0.4, 0.5) is 19.1 Å². The number of halogens is 3. The average molecular weight is 291 g/mol. The van der Waals surface area contributed by atoms with Crippen molar-refractivity contribution in [3.05, 3.63) is 11.8 Å². The van der Waals surface area contributed by atoms with Crippen molar-refractivity contribution in [2.45, 2.75) is 36.9 Å². The highest BCUT2D eigenvalue weighted by Gasteiger charge is 2.33. The standard InChI is InChI=1S/C12H16F3N3S/c1-16-11-17-9(12(13,14)15)6-10(18-11)19-7-8-4-2-3-5-8/h6,8H,2-5,7H2,1H3,(H,16,17,18). The number of nitrogens with one attached hydrogen (secondary N) is 1. The van der Waals surface area contributed by atoms with Gasteiger partial charge in [-0.3, -0.25) is 0 Å². The summed E-state index contributed by atoms with van der Waals surface area (Å²) in [5.41, 5.74) is -0.888. The lowest BCUT2D eigenvalue weighted by Crippen LogP contribution is -2.11. The SMILES string of the molecule is CNc1nc(SCC2CCCC2)cc(C(F)(F)F)n1. The number of hydrogen-bond acceptors (Lipinski definition) is 4.